The summed E-state index contributed by atoms with van der Waals surface area (Å²) in [5.74, 6) is 2.55. The minimum Gasteiger partial charge on any atom is -0.497 e. The highest BCUT2D eigenvalue weighted by Gasteiger charge is 2.07. The quantitative estimate of drug-likeness (QED) is 0.752. The van der Waals surface area contributed by atoms with Gasteiger partial charge in [-0.3, -0.25) is 4.99 Å². The number of rotatable bonds is 5. The van der Waals surface area contributed by atoms with Gasteiger partial charge in [0.25, 0.3) is 0 Å². The van der Waals surface area contributed by atoms with E-state index in [1.54, 1.807) is 26.2 Å². The van der Waals surface area contributed by atoms with Crippen LogP contribution in [0.2, 0.25) is 0 Å². The van der Waals surface area contributed by atoms with Crippen molar-refractivity contribution in [3.63, 3.8) is 0 Å². The SMILES string of the molecule is COc1cc(CSN2C=NCC2)cc(OC)c1. The lowest BCUT2D eigenvalue weighted by atomic mass is 10.2. The predicted molar refractivity (Wildman–Crippen MR) is 70.9 cm³/mol. The van der Waals surface area contributed by atoms with Crippen LogP contribution in [-0.4, -0.2) is 38.0 Å². The summed E-state index contributed by atoms with van der Waals surface area (Å²) in [4.78, 5) is 4.18. The fourth-order valence-corrected chi connectivity index (χ4v) is 2.39. The molecule has 1 aliphatic heterocycles. The molecule has 0 unspecified atom stereocenters. The molecule has 0 bridgehead atoms. The third kappa shape index (κ3) is 3.30. The Morgan fingerprint density at radius 1 is 1.24 bits per heavy atom. The predicted octanol–water partition coefficient (Wildman–Crippen LogP) is 2.20. The van der Waals surface area contributed by atoms with Gasteiger partial charge in [0.15, 0.2) is 0 Å². The van der Waals surface area contributed by atoms with Crippen molar-refractivity contribution >= 4 is 18.3 Å². The molecule has 0 amide bonds. The molecule has 5 heteroatoms. The van der Waals surface area contributed by atoms with Crippen LogP contribution in [0.3, 0.4) is 0 Å². The van der Waals surface area contributed by atoms with Gasteiger partial charge in [-0.05, 0) is 29.6 Å². The molecule has 0 saturated carbocycles. The van der Waals surface area contributed by atoms with E-state index in [9.17, 15) is 0 Å². The van der Waals surface area contributed by atoms with Gasteiger partial charge in [0.1, 0.15) is 11.5 Å². The lowest BCUT2D eigenvalue weighted by Gasteiger charge is -2.13. The molecular weight excluding hydrogens is 236 g/mol. The maximum Gasteiger partial charge on any atom is 0.122 e. The van der Waals surface area contributed by atoms with E-state index in [-0.39, 0.29) is 0 Å². The monoisotopic (exact) mass is 252 g/mol. The van der Waals surface area contributed by atoms with E-state index in [1.807, 2.05) is 24.5 Å². The summed E-state index contributed by atoms with van der Waals surface area (Å²) < 4.78 is 12.6. The second-order valence-electron chi connectivity index (χ2n) is 3.66. The highest BCUT2D eigenvalue weighted by atomic mass is 32.2. The third-order valence-corrected chi connectivity index (χ3v) is 3.54. The minimum atomic E-state index is 0.829. The summed E-state index contributed by atoms with van der Waals surface area (Å²) in [5.41, 5.74) is 1.19. The number of hydrogen-bond acceptors (Lipinski definition) is 5. The molecular formula is C12H16N2O2S. The Kier molecular flexibility index (Phi) is 4.14. The van der Waals surface area contributed by atoms with E-state index >= 15 is 0 Å². The highest BCUT2D eigenvalue weighted by molar-refractivity contribution is 7.96. The number of hydrogen-bond donors (Lipinski definition) is 0. The Balaban J connectivity index is 2.01. The van der Waals surface area contributed by atoms with E-state index in [1.165, 1.54) is 5.56 Å². The van der Waals surface area contributed by atoms with Crippen molar-refractivity contribution in [2.45, 2.75) is 5.75 Å². The van der Waals surface area contributed by atoms with Crippen molar-refractivity contribution in [1.29, 1.82) is 0 Å². The summed E-state index contributed by atoms with van der Waals surface area (Å²) in [6, 6.07) is 5.94. The van der Waals surface area contributed by atoms with Gasteiger partial charge in [-0.2, -0.15) is 0 Å². The van der Waals surface area contributed by atoms with Crippen molar-refractivity contribution in [2.75, 3.05) is 27.3 Å². The molecule has 0 atom stereocenters. The molecule has 0 radical (unpaired) electrons. The Labute approximate surface area is 106 Å². The zero-order valence-corrected chi connectivity index (χ0v) is 10.9. The molecule has 1 aliphatic rings. The second-order valence-corrected chi connectivity index (χ2v) is 4.67. The van der Waals surface area contributed by atoms with Gasteiger partial charge in [0, 0.05) is 11.8 Å². The lowest BCUT2D eigenvalue weighted by Crippen LogP contribution is -2.10. The molecule has 17 heavy (non-hydrogen) atoms. The first-order chi connectivity index (χ1) is 8.31. The maximum absolute atomic E-state index is 5.24. The topological polar surface area (TPSA) is 34.1 Å². The molecule has 0 N–H and O–H groups in total. The van der Waals surface area contributed by atoms with Crippen LogP contribution in [0.5, 0.6) is 11.5 Å². The van der Waals surface area contributed by atoms with Crippen molar-refractivity contribution in [3.8, 4) is 11.5 Å². The van der Waals surface area contributed by atoms with Gasteiger partial charge < -0.3 is 13.8 Å². The van der Waals surface area contributed by atoms with Crippen LogP contribution in [-0.2, 0) is 5.75 Å². The number of methoxy groups -OCH3 is 2. The van der Waals surface area contributed by atoms with Gasteiger partial charge in [0.2, 0.25) is 0 Å². The second kappa shape index (κ2) is 5.82. The molecule has 2 rings (SSSR count). The average molecular weight is 252 g/mol. The van der Waals surface area contributed by atoms with Crippen LogP contribution >= 0.6 is 11.9 Å². The summed E-state index contributed by atoms with van der Waals surface area (Å²) in [6.07, 6.45) is 1.89. The largest absolute Gasteiger partial charge is 0.497 e. The fourth-order valence-electron chi connectivity index (χ4n) is 1.57. The van der Waals surface area contributed by atoms with Crippen LogP contribution < -0.4 is 9.47 Å². The molecule has 1 aromatic carbocycles. The number of aliphatic imine (C=N–C) groups is 1. The number of benzene rings is 1. The number of nitrogens with zero attached hydrogens (tertiary/aromatic N) is 2. The standard InChI is InChI=1S/C12H16N2O2S/c1-15-11-5-10(6-12(7-11)16-2)8-17-14-4-3-13-9-14/h5-7,9H,3-4,8H2,1-2H3. The molecule has 0 aliphatic carbocycles. The van der Waals surface area contributed by atoms with Crippen LogP contribution in [0.15, 0.2) is 23.2 Å². The van der Waals surface area contributed by atoms with Crippen LogP contribution in [0.1, 0.15) is 5.56 Å². The summed E-state index contributed by atoms with van der Waals surface area (Å²) in [6.45, 7) is 1.89. The van der Waals surface area contributed by atoms with E-state index < -0.39 is 0 Å². The Morgan fingerprint density at radius 3 is 2.47 bits per heavy atom. The lowest BCUT2D eigenvalue weighted by molar-refractivity contribution is 0.393. The summed E-state index contributed by atoms with van der Waals surface area (Å²) >= 11 is 1.75. The molecule has 1 aromatic rings. The van der Waals surface area contributed by atoms with Crippen LogP contribution in [0.25, 0.3) is 0 Å². The molecule has 0 spiro atoms. The molecule has 0 aromatic heterocycles. The van der Waals surface area contributed by atoms with Crippen LogP contribution in [0, 0.1) is 0 Å². The molecule has 1 heterocycles. The normalized spacial score (nSPS) is 14.1. The van der Waals surface area contributed by atoms with E-state index in [2.05, 4.69) is 9.30 Å². The Morgan fingerprint density at radius 2 is 1.94 bits per heavy atom. The number of ether oxygens (including phenoxy) is 2. The van der Waals surface area contributed by atoms with E-state index in [4.69, 9.17) is 9.47 Å². The fraction of sp³-hybridized carbons (Fsp3) is 0.417. The highest BCUT2D eigenvalue weighted by Crippen LogP contribution is 2.26. The van der Waals surface area contributed by atoms with E-state index in [0.717, 1.165) is 30.3 Å². The summed E-state index contributed by atoms with van der Waals surface area (Å²) in [7, 11) is 3.33. The zero-order valence-electron chi connectivity index (χ0n) is 10.0. The van der Waals surface area contributed by atoms with Crippen molar-refractivity contribution in [2.24, 2.45) is 4.99 Å². The Bertz CT molecular complexity index is 387. The first-order valence-electron chi connectivity index (χ1n) is 5.43. The Hall–Kier alpha value is -1.36. The first kappa shape index (κ1) is 12.1. The first-order valence-corrected chi connectivity index (χ1v) is 6.37. The van der Waals surface area contributed by atoms with Crippen molar-refractivity contribution < 1.29 is 9.47 Å². The zero-order chi connectivity index (χ0) is 12.1. The molecule has 4 nitrogen and oxygen atoms in total. The van der Waals surface area contributed by atoms with Gasteiger partial charge in [-0.1, -0.05) is 0 Å². The molecule has 0 saturated heterocycles. The van der Waals surface area contributed by atoms with Crippen molar-refractivity contribution in [3.05, 3.63) is 23.8 Å². The van der Waals surface area contributed by atoms with Gasteiger partial charge in [-0.15, -0.1) is 0 Å². The van der Waals surface area contributed by atoms with Crippen molar-refractivity contribution in [1.82, 2.24) is 4.31 Å². The van der Waals surface area contributed by atoms with Crippen LogP contribution in [0.4, 0.5) is 0 Å². The molecule has 92 valence electrons. The maximum atomic E-state index is 5.24. The third-order valence-electron chi connectivity index (χ3n) is 2.47. The summed E-state index contributed by atoms with van der Waals surface area (Å²) in [5, 5.41) is 0. The van der Waals surface area contributed by atoms with Gasteiger partial charge >= 0.3 is 0 Å². The van der Waals surface area contributed by atoms with E-state index in [0.29, 0.717) is 0 Å². The minimum absolute atomic E-state index is 0.829. The van der Waals surface area contributed by atoms with Gasteiger partial charge in [0.05, 0.1) is 33.6 Å². The average Bonchev–Trinajstić information content (AvgIpc) is 2.89. The van der Waals surface area contributed by atoms with Gasteiger partial charge in [-0.25, -0.2) is 0 Å². The smallest absolute Gasteiger partial charge is 0.122 e. The molecule has 0 fully saturated rings.